The normalized spacial score (nSPS) is 13.8. The molecule has 0 N–H and O–H groups in total. The van der Waals surface area contributed by atoms with E-state index in [1.807, 2.05) is 0 Å². The highest BCUT2D eigenvalue weighted by atomic mass is 16.4. The highest BCUT2D eigenvalue weighted by molar-refractivity contribution is 6.91. The van der Waals surface area contributed by atoms with Gasteiger partial charge >= 0.3 is 6.85 Å². The van der Waals surface area contributed by atoms with Crippen LogP contribution < -0.4 is 20.7 Å². The molecule has 0 aliphatic carbocycles. The molecule has 0 bridgehead atoms. The van der Waals surface area contributed by atoms with E-state index in [0.29, 0.717) is 0 Å². The van der Waals surface area contributed by atoms with Crippen LogP contribution in [-0.2, 0) is 21.7 Å². The Balaban J connectivity index is 1.33. The first-order chi connectivity index (χ1) is 30.8. The van der Waals surface area contributed by atoms with E-state index >= 15 is 0 Å². The summed E-state index contributed by atoms with van der Waals surface area (Å²) in [5.74, 6) is 0.889. The summed E-state index contributed by atoms with van der Waals surface area (Å²) in [5.41, 5.74) is 19.1. The maximum Gasteiger partial charge on any atom is 0.337 e. The van der Waals surface area contributed by atoms with E-state index < -0.39 is 0 Å². The summed E-state index contributed by atoms with van der Waals surface area (Å²) in [7, 11) is 0. The topological polar surface area (TPSA) is 24.6 Å². The van der Waals surface area contributed by atoms with Gasteiger partial charge in [0.05, 0.1) is 5.69 Å². The first-order valence-corrected chi connectivity index (χ1v) is 23.5. The molecule has 0 spiro atoms. The molecule has 65 heavy (non-hydrogen) atoms. The van der Waals surface area contributed by atoms with Gasteiger partial charge in [0.2, 0.25) is 5.88 Å². The lowest BCUT2D eigenvalue weighted by Gasteiger charge is -2.39. The fraction of sp³-hybridized carbons (Fsp3) is 0.267. The molecule has 2 aliphatic heterocycles. The molecule has 0 amide bonds. The zero-order valence-electron chi connectivity index (χ0n) is 40.2. The Morgan fingerprint density at radius 1 is 0.477 bits per heavy atom. The van der Waals surface area contributed by atoms with E-state index in [0.717, 1.165) is 34.2 Å². The van der Waals surface area contributed by atoms with Crippen LogP contribution in [-0.4, -0.2) is 11.3 Å². The van der Waals surface area contributed by atoms with Gasteiger partial charge in [-0.2, -0.15) is 0 Å². The summed E-state index contributed by atoms with van der Waals surface area (Å²) in [6.45, 7) is 27.7. The predicted molar refractivity (Wildman–Crippen MR) is 279 cm³/mol. The van der Waals surface area contributed by atoms with Crippen LogP contribution in [0.25, 0.3) is 43.9 Å². The van der Waals surface area contributed by atoms with Crippen LogP contribution in [0.5, 0.6) is 0 Å². The molecule has 2 aliphatic rings. The fourth-order valence-corrected chi connectivity index (χ4v) is 10.5. The lowest BCUT2D eigenvalue weighted by Crippen LogP contribution is -2.56. The van der Waals surface area contributed by atoms with Gasteiger partial charge in [-0.05, 0) is 134 Å². The van der Waals surface area contributed by atoms with E-state index in [-0.39, 0.29) is 28.5 Å². The molecule has 4 heterocycles. The Labute approximate surface area is 385 Å². The van der Waals surface area contributed by atoms with Crippen LogP contribution in [0.3, 0.4) is 0 Å². The van der Waals surface area contributed by atoms with Crippen LogP contribution in [0.1, 0.15) is 105 Å². The Hall–Kier alpha value is -6.46. The monoisotopic (exact) mass is 849 g/mol. The van der Waals surface area contributed by atoms with Gasteiger partial charge in [-0.15, -0.1) is 0 Å². The van der Waals surface area contributed by atoms with Crippen molar-refractivity contribution in [2.75, 3.05) is 9.80 Å². The standard InChI is InChI=1S/C60H60BN3O/c1-57(2,3)37-26-29-43(30-27-37)63-50-36-40(60(10,11)12)33-44-45-34-39(59(7,8)9)35-47-52-48(62(41-20-15-13-16-21-41)42-22-17-14-18-23-42)24-19-25-49(52)64(55(45)47)61(53(44)50)54-46-32-38(58(4,5)6)28-31-51(46)65-56(54)63/h13-36H,1-12H3. The second-order valence-electron chi connectivity index (χ2n) is 22.7. The molecule has 0 fully saturated rings. The van der Waals surface area contributed by atoms with Gasteiger partial charge in [0, 0.05) is 61.0 Å². The van der Waals surface area contributed by atoms with Gasteiger partial charge < -0.3 is 13.8 Å². The molecule has 9 aromatic rings. The average molecular weight is 850 g/mol. The molecule has 324 valence electrons. The summed E-state index contributed by atoms with van der Waals surface area (Å²) in [4.78, 5) is 4.89. The van der Waals surface area contributed by atoms with E-state index in [1.165, 1.54) is 77.2 Å². The predicted octanol–water partition coefficient (Wildman–Crippen LogP) is 15.6. The largest absolute Gasteiger partial charge is 0.440 e. The number of nitrogens with zero attached hydrogens (tertiary/aromatic N) is 3. The quantitative estimate of drug-likeness (QED) is 0.165. The van der Waals surface area contributed by atoms with Crippen molar-refractivity contribution in [3.8, 4) is 11.1 Å². The number of fused-ring (bicyclic) bond motifs is 9. The molecular weight excluding hydrogens is 789 g/mol. The zero-order valence-corrected chi connectivity index (χ0v) is 40.2. The highest BCUT2D eigenvalue weighted by Crippen LogP contribution is 2.52. The molecule has 4 nitrogen and oxygen atoms in total. The summed E-state index contributed by atoms with van der Waals surface area (Å²) in [6.07, 6.45) is 0. The summed E-state index contributed by atoms with van der Waals surface area (Å²) in [5, 5.41) is 3.69. The van der Waals surface area contributed by atoms with Crippen molar-refractivity contribution >= 4 is 84.9 Å². The number of hydrogen-bond donors (Lipinski definition) is 0. The van der Waals surface area contributed by atoms with E-state index in [4.69, 9.17) is 4.42 Å². The molecule has 2 aromatic heterocycles. The van der Waals surface area contributed by atoms with Crippen LogP contribution in [0, 0.1) is 0 Å². The maximum absolute atomic E-state index is 7.32. The number of rotatable bonds is 4. The second kappa shape index (κ2) is 14.0. The molecule has 0 saturated carbocycles. The number of anilines is 6. The summed E-state index contributed by atoms with van der Waals surface area (Å²) >= 11 is 0. The van der Waals surface area contributed by atoms with Gasteiger partial charge in [0.25, 0.3) is 0 Å². The van der Waals surface area contributed by atoms with Crippen LogP contribution in [0.2, 0.25) is 0 Å². The molecule has 0 atom stereocenters. The molecule has 5 heteroatoms. The SMILES string of the molecule is CC(C)(C)c1ccc(N2c3cc(C(C)(C)C)cc4c3B(c3c2oc2ccc(C(C)(C)C)cc32)n2c3cccc(N(c5ccccc5)c5ccccc5)c3c3cc(C(C)(C)C)cc-4c32)cc1. The van der Waals surface area contributed by atoms with Crippen LogP contribution in [0.15, 0.2) is 150 Å². The van der Waals surface area contributed by atoms with E-state index in [9.17, 15) is 0 Å². The third kappa shape index (κ3) is 6.40. The molecule has 7 aromatic carbocycles. The Morgan fingerprint density at radius 3 is 1.63 bits per heavy atom. The minimum Gasteiger partial charge on any atom is -0.440 e. The van der Waals surface area contributed by atoms with E-state index in [2.05, 4.69) is 243 Å². The van der Waals surface area contributed by atoms with Crippen molar-refractivity contribution in [3.63, 3.8) is 0 Å². The minimum atomic E-state index is -0.171. The number of para-hydroxylation sites is 2. The highest BCUT2D eigenvalue weighted by Gasteiger charge is 2.47. The van der Waals surface area contributed by atoms with Crippen LogP contribution >= 0.6 is 0 Å². The van der Waals surface area contributed by atoms with Gasteiger partial charge in [0.1, 0.15) is 5.58 Å². The summed E-state index contributed by atoms with van der Waals surface area (Å²) in [6, 6.07) is 54.8. The van der Waals surface area contributed by atoms with E-state index in [1.54, 1.807) is 0 Å². The first-order valence-electron chi connectivity index (χ1n) is 23.5. The first kappa shape index (κ1) is 41.3. The zero-order chi connectivity index (χ0) is 45.5. The molecule has 0 unspecified atom stereocenters. The molecule has 11 rings (SSSR count). The second-order valence-corrected chi connectivity index (χ2v) is 22.7. The number of furan rings is 1. The number of benzene rings is 7. The van der Waals surface area contributed by atoms with Crippen molar-refractivity contribution in [3.05, 3.63) is 168 Å². The number of hydrogen-bond acceptors (Lipinski definition) is 3. The van der Waals surface area contributed by atoms with Crippen LogP contribution in [0.4, 0.5) is 34.3 Å². The Morgan fingerprint density at radius 2 is 1.03 bits per heavy atom. The Bertz CT molecular complexity index is 3310. The van der Waals surface area contributed by atoms with Crippen molar-refractivity contribution in [1.29, 1.82) is 0 Å². The van der Waals surface area contributed by atoms with Crippen molar-refractivity contribution in [2.45, 2.75) is 105 Å². The minimum absolute atomic E-state index is 0.0233. The molecule has 0 radical (unpaired) electrons. The molecular formula is C60H60BN3O. The lowest BCUT2D eigenvalue weighted by molar-refractivity contribution is 0.588. The van der Waals surface area contributed by atoms with Crippen molar-refractivity contribution in [1.82, 2.24) is 4.48 Å². The fourth-order valence-electron chi connectivity index (χ4n) is 10.5. The smallest absolute Gasteiger partial charge is 0.337 e. The summed E-state index contributed by atoms with van der Waals surface area (Å²) < 4.78 is 10.0. The molecule has 0 saturated heterocycles. The number of aromatic nitrogens is 1. The third-order valence-corrected chi connectivity index (χ3v) is 14.2. The van der Waals surface area contributed by atoms with Gasteiger partial charge in [0.15, 0.2) is 0 Å². The van der Waals surface area contributed by atoms with Gasteiger partial charge in [-0.25, -0.2) is 0 Å². The lowest BCUT2D eigenvalue weighted by atomic mass is 9.45. The average Bonchev–Trinajstić information content (AvgIpc) is 3.81. The van der Waals surface area contributed by atoms with Crippen molar-refractivity contribution in [2.24, 2.45) is 0 Å². The third-order valence-electron chi connectivity index (χ3n) is 14.2. The van der Waals surface area contributed by atoms with Gasteiger partial charge in [-0.3, -0.25) is 4.90 Å². The Kier molecular flexibility index (Phi) is 8.90. The van der Waals surface area contributed by atoms with Crippen molar-refractivity contribution < 1.29 is 4.42 Å². The van der Waals surface area contributed by atoms with Gasteiger partial charge in [-0.1, -0.05) is 150 Å². The maximum atomic E-state index is 7.32.